The highest BCUT2D eigenvalue weighted by Gasteiger charge is 2.13. The fraction of sp³-hybridized carbons (Fsp3) is 0. The molecule has 5 heteroatoms. The summed E-state index contributed by atoms with van der Waals surface area (Å²) in [5.74, 6) is 0. The lowest BCUT2D eigenvalue weighted by Gasteiger charge is -2.11. The number of rotatable bonds is 2. The number of aromatic nitrogens is 3. The first-order chi connectivity index (χ1) is 11.2. The minimum atomic E-state index is 0.466. The number of hydrogen-bond donors (Lipinski definition) is 0. The van der Waals surface area contributed by atoms with Crippen LogP contribution in [-0.2, 0) is 0 Å². The van der Waals surface area contributed by atoms with E-state index in [2.05, 4.69) is 20.6 Å². The van der Waals surface area contributed by atoms with Crippen LogP contribution in [0, 0.1) is 0 Å². The van der Waals surface area contributed by atoms with Gasteiger partial charge in [-0.1, -0.05) is 23.2 Å². The summed E-state index contributed by atoms with van der Waals surface area (Å²) in [6, 6.07) is 15.6. The van der Waals surface area contributed by atoms with Crippen LogP contribution in [0.25, 0.3) is 27.8 Å². The molecule has 0 aliphatic carbocycles. The van der Waals surface area contributed by atoms with E-state index in [9.17, 15) is 0 Å². The number of pyridine rings is 2. The summed E-state index contributed by atoms with van der Waals surface area (Å²) in [6.07, 6.45) is 5.36. The zero-order valence-corrected chi connectivity index (χ0v) is 13.5. The summed E-state index contributed by atoms with van der Waals surface area (Å²) in [5.41, 5.74) is 4.06. The Kier molecular flexibility index (Phi) is 3.52. The summed E-state index contributed by atoms with van der Waals surface area (Å²) in [4.78, 5) is 8.32. The molecule has 0 saturated heterocycles. The summed E-state index contributed by atoms with van der Waals surface area (Å²) in [5, 5.41) is 2.28. The van der Waals surface area contributed by atoms with E-state index in [0.717, 1.165) is 27.8 Å². The second kappa shape index (κ2) is 5.69. The number of halogens is 2. The molecule has 4 rings (SSSR count). The van der Waals surface area contributed by atoms with Crippen LogP contribution in [0.4, 0.5) is 0 Å². The normalized spacial score (nSPS) is 11.0. The molecule has 0 radical (unpaired) electrons. The van der Waals surface area contributed by atoms with Crippen LogP contribution < -0.4 is 0 Å². The van der Waals surface area contributed by atoms with Crippen molar-refractivity contribution in [2.75, 3.05) is 0 Å². The average molecular weight is 340 g/mol. The maximum Gasteiger partial charge on any atom is 0.129 e. The van der Waals surface area contributed by atoms with Crippen LogP contribution in [0.5, 0.6) is 0 Å². The van der Waals surface area contributed by atoms with Crippen molar-refractivity contribution in [3.05, 3.63) is 77.3 Å². The van der Waals surface area contributed by atoms with Crippen LogP contribution in [0.3, 0.4) is 0 Å². The van der Waals surface area contributed by atoms with Crippen LogP contribution >= 0.6 is 23.2 Å². The SMILES string of the molecule is Clc1ccc(-n2c(-c3ccnc(Cl)c3)cc3ccncc32)cc1. The predicted octanol–water partition coefficient (Wildman–Crippen LogP) is 5.39. The predicted molar refractivity (Wildman–Crippen MR) is 94.3 cm³/mol. The molecule has 0 N–H and O–H groups in total. The molecule has 3 heterocycles. The smallest absolute Gasteiger partial charge is 0.129 e. The summed E-state index contributed by atoms with van der Waals surface area (Å²) in [7, 11) is 0. The van der Waals surface area contributed by atoms with Gasteiger partial charge in [-0.15, -0.1) is 0 Å². The van der Waals surface area contributed by atoms with E-state index >= 15 is 0 Å². The van der Waals surface area contributed by atoms with E-state index in [1.165, 1.54) is 0 Å². The Morgan fingerprint density at radius 3 is 2.48 bits per heavy atom. The minimum absolute atomic E-state index is 0.466. The number of hydrogen-bond acceptors (Lipinski definition) is 2. The second-order valence-electron chi connectivity index (χ2n) is 5.14. The summed E-state index contributed by atoms with van der Waals surface area (Å²) >= 11 is 12.1. The van der Waals surface area contributed by atoms with Gasteiger partial charge in [-0.05, 0) is 48.5 Å². The van der Waals surface area contributed by atoms with E-state index in [-0.39, 0.29) is 0 Å². The van der Waals surface area contributed by atoms with Crippen LogP contribution in [0.2, 0.25) is 10.2 Å². The van der Waals surface area contributed by atoms with Crippen molar-refractivity contribution in [2.45, 2.75) is 0 Å². The molecule has 0 spiro atoms. The van der Waals surface area contributed by atoms with Gasteiger partial charge < -0.3 is 4.57 Å². The molecule has 0 aliphatic heterocycles. The highest BCUT2D eigenvalue weighted by molar-refractivity contribution is 6.30. The monoisotopic (exact) mass is 339 g/mol. The van der Waals surface area contributed by atoms with Gasteiger partial charge in [0.05, 0.1) is 17.4 Å². The molecule has 0 atom stereocenters. The number of fused-ring (bicyclic) bond motifs is 1. The molecule has 0 saturated carbocycles. The Morgan fingerprint density at radius 1 is 0.870 bits per heavy atom. The first-order valence-corrected chi connectivity index (χ1v) is 7.81. The Hall–Kier alpha value is -2.36. The molecule has 112 valence electrons. The standard InChI is InChI=1S/C18H11Cl2N3/c19-14-1-3-15(4-2-14)23-16(13-6-8-22-18(20)10-13)9-12-5-7-21-11-17(12)23/h1-11H. The van der Waals surface area contributed by atoms with Gasteiger partial charge in [-0.25, -0.2) is 4.98 Å². The Morgan fingerprint density at radius 2 is 1.70 bits per heavy atom. The number of nitrogens with zero attached hydrogens (tertiary/aromatic N) is 3. The molecule has 3 nitrogen and oxygen atoms in total. The highest BCUT2D eigenvalue weighted by Crippen LogP contribution is 2.32. The van der Waals surface area contributed by atoms with Gasteiger partial charge in [0, 0.05) is 34.1 Å². The molecule has 3 aromatic heterocycles. The van der Waals surface area contributed by atoms with Gasteiger partial charge in [-0.2, -0.15) is 0 Å². The second-order valence-corrected chi connectivity index (χ2v) is 5.97. The largest absolute Gasteiger partial charge is 0.308 e. The lowest BCUT2D eigenvalue weighted by molar-refractivity contribution is 1.12. The quantitative estimate of drug-likeness (QED) is 0.458. The van der Waals surface area contributed by atoms with Crippen molar-refractivity contribution < 1.29 is 0 Å². The van der Waals surface area contributed by atoms with Gasteiger partial charge in [0.25, 0.3) is 0 Å². The van der Waals surface area contributed by atoms with Gasteiger partial charge in [0.2, 0.25) is 0 Å². The van der Waals surface area contributed by atoms with Crippen molar-refractivity contribution >= 4 is 34.1 Å². The van der Waals surface area contributed by atoms with E-state index in [1.807, 2.05) is 48.7 Å². The molecule has 0 unspecified atom stereocenters. The minimum Gasteiger partial charge on any atom is -0.308 e. The molecule has 4 aromatic rings. The highest BCUT2D eigenvalue weighted by atomic mass is 35.5. The van der Waals surface area contributed by atoms with Crippen molar-refractivity contribution in [3.63, 3.8) is 0 Å². The van der Waals surface area contributed by atoms with Crippen LogP contribution in [0.1, 0.15) is 0 Å². The van der Waals surface area contributed by atoms with E-state index in [4.69, 9.17) is 23.2 Å². The van der Waals surface area contributed by atoms with Gasteiger partial charge in [0.15, 0.2) is 0 Å². The van der Waals surface area contributed by atoms with E-state index in [0.29, 0.717) is 10.2 Å². The Bertz CT molecular complexity index is 991. The van der Waals surface area contributed by atoms with Crippen LogP contribution in [0.15, 0.2) is 67.1 Å². The molecule has 0 bridgehead atoms. The Balaban J connectivity index is 2.04. The molecule has 0 amide bonds. The fourth-order valence-electron chi connectivity index (χ4n) is 2.69. The maximum atomic E-state index is 6.06. The molecule has 0 fully saturated rings. The molecular formula is C18H11Cl2N3. The summed E-state index contributed by atoms with van der Waals surface area (Å²) < 4.78 is 2.14. The zero-order chi connectivity index (χ0) is 15.8. The Labute approximate surface area is 143 Å². The van der Waals surface area contributed by atoms with Gasteiger partial charge in [-0.3, -0.25) is 4.98 Å². The number of benzene rings is 1. The third kappa shape index (κ3) is 2.58. The zero-order valence-electron chi connectivity index (χ0n) is 11.9. The first-order valence-electron chi connectivity index (χ1n) is 7.06. The summed E-state index contributed by atoms with van der Waals surface area (Å²) in [6.45, 7) is 0. The lowest BCUT2D eigenvalue weighted by Crippen LogP contribution is -1.97. The lowest BCUT2D eigenvalue weighted by atomic mass is 10.2. The maximum absolute atomic E-state index is 6.06. The first kappa shape index (κ1) is 14.2. The molecule has 1 aromatic carbocycles. The molecular weight excluding hydrogens is 329 g/mol. The fourth-order valence-corrected chi connectivity index (χ4v) is 2.99. The van der Waals surface area contributed by atoms with E-state index < -0.39 is 0 Å². The average Bonchev–Trinajstić information content (AvgIpc) is 2.95. The third-order valence-electron chi connectivity index (χ3n) is 3.71. The van der Waals surface area contributed by atoms with Gasteiger partial charge >= 0.3 is 0 Å². The van der Waals surface area contributed by atoms with Crippen molar-refractivity contribution in [1.29, 1.82) is 0 Å². The van der Waals surface area contributed by atoms with Crippen molar-refractivity contribution in [3.8, 4) is 16.9 Å². The molecule has 23 heavy (non-hydrogen) atoms. The molecule has 0 aliphatic rings. The van der Waals surface area contributed by atoms with E-state index in [1.54, 1.807) is 12.4 Å². The topological polar surface area (TPSA) is 30.7 Å². The van der Waals surface area contributed by atoms with Crippen molar-refractivity contribution in [2.24, 2.45) is 0 Å². The third-order valence-corrected chi connectivity index (χ3v) is 4.17. The van der Waals surface area contributed by atoms with Gasteiger partial charge in [0.1, 0.15) is 5.15 Å². The van der Waals surface area contributed by atoms with Crippen LogP contribution in [-0.4, -0.2) is 14.5 Å². The van der Waals surface area contributed by atoms with Crippen molar-refractivity contribution in [1.82, 2.24) is 14.5 Å².